The molecule has 126 valence electrons. The number of hydrogen-bond donors (Lipinski definition) is 1. The molecular formula is C20H15BrClNO2. The van der Waals surface area contributed by atoms with Crippen molar-refractivity contribution in [3.05, 3.63) is 93.4 Å². The normalized spacial score (nSPS) is 10.3. The summed E-state index contributed by atoms with van der Waals surface area (Å²) in [7, 11) is 0. The Morgan fingerprint density at radius 1 is 1.00 bits per heavy atom. The Labute approximate surface area is 159 Å². The Balaban J connectivity index is 1.59. The summed E-state index contributed by atoms with van der Waals surface area (Å²) in [6.45, 7) is 0.442. The van der Waals surface area contributed by atoms with Crippen LogP contribution in [0.2, 0.25) is 5.02 Å². The number of ether oxygens (including phenoxy) is 1. The van der Waals surface area contributed by atoms with Gasteiger partial charge in [-0.3, -0.25) is 4.79 Å². The van der Waals surface area contributed by atoms with Crippen molar-refractivity contribution in [1.29, 1.82) is 0 Å². The summed E-state index contributed by atoms with van der Waals surface area (Å²) in [4.78, 5) is 12.3. The Kier molecular flexibility index (Phi) is 5.74. The first-order valence-corrected chi connectivity index (χ1v) is 8.81. The predicted octanol–water partition coefficient (Wildman–Crippen LogP) is 5.93. The van der Waals surface area contributed by atoms with Gasteiger partial charge in [0.05, 0.1) is 0 Å². The van der Waals surface area contributed by atoms with Gasteiger partial charge in [-0.05, 0) is 60.2 Å². The van der Waals surface area contributed by atoms with Crippen LogP contribution in [0.25, 0.3) is 0 Å². The highest BCUT2D eigenvalue weighted by molar-refractivity contribution is 9.10. The minimum absolute atomic E-state index is 0.178. The van der Waals surface area contributed by atoms with E-state index >= 15 is 0 Å². The van der Waals surface area contributed by atoms with Gasteiger partial charge in [0.25, 0.3) is 5.91 Å². The molecule has 1 N–H and O–H groups in total. The molecule has 1 amide bonds. The molecule has 0 aliphatic rings. The van der Waals surface area contributed by atoms with E-state index in [1.807, 2.05) is 36.4 Å². The molecule has 5 heteroatoms. The van der Waals surface area contributed by atoms with Crippen LogP contribution in [0.5, 0.6) is 5.75 Å². The minimum Gasteiger partial charge on any atom is -0.489 e. The third kappa shape index (κ3) is 5.08. The predicted molar refractivity (Wildman–Crippen MR) is 104 cm³/mol. The van der Waals surface area contributed by atoms with Gasteiger partial charge in [-0.15, -0.1) is 0 Å². The van der Waals surface area contributed by atoms with Crippen LogP contribution >= 0.6 is 27.5 Å². The molecule has 0 heterocycles. The highest BCUT2D eigenvalue weighted by atomic mass is 79.9. The zero-order chi connectivity index (χ0) is 17.6. The monoisotopic (exact) mass is 415 g/mol. The van der Waals surface area contributed by atoms with Gasteiger partial charge >= 0.3 is 0 Å². The van der Waals surface area contributed by atoms with E-state index in [2.05, 4.69) is 21.2 Å². The van der Waals surface area contributed by atoms with E-state index in [1.165, 1.54) is 0 Å². The summed E-state index contributed by atoms with van der Waals surface area (Å²) in [5, 5.41) is 3.40. The average Bonchev–Trinajstić information content (AvgIpc) is 2.62. The van der Waals surface area contributed by atoms with Crippen molar-refractivity contribution >= 4 is 39.1 Å². The van der Waals surface area contributed by atoms with Gasteiger partial charge in [0.15, 0.2) is 0 Å². The number of hydrogen-bond acceptors (Lipinski definition) is 2. The van der Waals surface area contributed by atoms with E-state index in [9.17, 15) is 4.79 Å². The number of rotatable bonds is 5. The number of amides is 1. The summed E-state index contributed by atoms with van der Waals surface area (Å²) in [5.41, 5.74) is 2.23. The van der Waals surface area contributed by atoms with Crippen LogP contribution in [-0.4, -0.2) is 5.91 Å². The number of carbonyl (C=O) groups excluding carboxylic acids is 1. The lowest BCUT2D eigenvalue weighted by Gasteiger charge is -2.08. The van der Waals surface area contributed by atoms with Crippen LogP contribution in [0.3, 0.4) is 0 Å². The third-order valence-corrected chi connectivity index (χ3v) is 4.28. The van der Waals surface area contributed by atoms with Crippen LogP contribution in [0.15, 0.2) is 77.3 Å². The third-order valence-electron chi connectivity index (χ3n) is 3.52. The molecule has 0 spiro atoms. The van der Waals surface area contributed by atoms with E-state index in [-0.39, 0.29) is 5.91 Å². The second-order valence-electron chi connectivity index (χ2n) is 5.40. The number of nitrogens with one attached hydrogen (secondary N) is 1. The number of anilines is 1. The van der Waals surface area contributed by atoms with E-state index in [1.54, 1.807) is 36.4 Å². The van der Waals surface area contributed by atoms with Gasteiger partial charge in [-0.1, -0.05) is 45.7 Å². The molecule has 0 radical (unpaired) electrons. The molecule has 0 bridgehead atoms. The molecule has 0 atom stereocenters. The maximum Gasteiger partial charge on any atom is 0.255 e. The standard InChI is InChI=1S/C20H15BrClNO2/c21-16-8-10-19(11-9-16)25-13-14-4-6-15(7-5-14)20(24)23-18-3-1-2-17(22)12-18/h1-12H,13H2,(H,23,24). The Morgan fingerprint density at radius 2 is 1.72 bits per heavy atom. The van der Waals surface area contributed by atoms with E-state index in [0.717, 1.165) is 15.8 Å². The molecule has 3 rings (SSSR count). The van der Waals surface area contributed by atoms with Crippen LogP contribution < -0.4 is 10.1 Å². The molecule has 3 nitrogen and oxygen atoms in total. The Hall–Kier alpha value is -2.30. The highest BCUT2D eigenvalue weighted by Crippen LogP contribution is 2.18. The summed E-state index contributed by atoms with van der Waals surface area (Å²) in [6, 6.07) is 22.0. The molecule has 0 saturated heterocycles. The molecule has 0 aliphatic carbocycles. The fourth-order valence-corrected chi connectivity index (χ4v) is 2.67. The first kappa shape index (κ1) is 17.5. The van der Waals surface area contributed by atoms with Crippen LogP contribution in [0.4, 0.5) is 5.69 Å². The molecule has 3 aromatic carbocycles. The van der Waals surface area contributed by atoms with Gasteiger partial charge in [0.2, 0.25) is 0 Å². The number of carbonyl (C=O) groups is 1. The van der Waals surface area contributed by atoms with Crippen LogP contribution in [0, 0.1) is 0 Å². The van der Waals surface area contributed by atoms with E-state index in [4.69, 9.17) is 16.3 Å². The lowest BCUT2D eigenvalue weighted by Crippen LogP contribution is -2.11. The second-order valence-corrected chi connectivity index (χ2v) is 6.76. The SMILES string of the molecule is O=C(Nc1cccc(Cl)c1)c1ccc(COc2ccc(Br)cc2)cc1. The summed E-state index contributed by atoms with van der Waals surface area (Å²) < 4.78 is 6.73. The zero-order valence-corrected chi connectivity index (χ0v) is 15.5. The molecule has 3 aromatic rings. The second kappa shape index (κ2) is 8.19. The first-order chi connectivity index (χ1) is 12.1. The Bertz CT molecular complexity index is 864. The van der Waals surface area contributed by atoms with Gasteiger partial charge in [0.1, 0.15) is 12.4 Å². The minimum atomic E-state index is -0.178. The van der Waals surface area contributed by atoms with Gasteiger partial charge in [-0.25, -0.2) is 0 Å². The fourth-order valence-electron chi connectivity index (χ4n) is 2.22. The molecule has 0 fully saturated rings. The molecule has 0 saturated carbocycles. The number of halogens is 2. The van der Waals surface area contributed by atoms with Crippen molar-refractivity contribution in [3.8, 4) is 5.75 Å². The van der Waals surface area contributed by atoms with Crippen LogP contribution in [0.1, 0.15) is 15.9 Å². The van der Waals surface area contributed by atoms with Crippen molar-refractivity contribution in [1.82, 2.24) is 0 Å². The molecule has 0 aliphatic heterocycles. The van der Waals surface area contributed by atoms with E-state index in [0.29, 0.717) is 22.9 Å². The molecular weight excluding hydrogens is 402 g/mol. The van der Waals surface area contributed by atoms with Crippen molar-refractivity contribution in [2.45, 2.75) is 6.61 Å². The van der Waals surface area contributed by atoms with Gasteiger partial charge in [0, 0.05) is 20.7 Å². The highest BCUT2D eigenvalue weighted by Gasteiger charge is 2.06. The molecule has 0 aromatic heterocycles. The summed E-state index contributed by atoms with van der Waals surface area (Å²) >= 11 is 9.31. The fraction of sp³-hybridized carbons (Fsp3) is 0.0500. The summed E-state index contributed by atoms with van der Waals surface area (Å²) in [6.07, 6.45) is 0. The first-order valence-electron chi connectivity index (χ1n) is 7.64. The quantitative estimate of drug-likeness (QED) is 0.559. The lowest BCUT2D eigenvalue weighted by atomic mass is 10.1. The van der Waals surface area contributed by atoms with E-state index < -0.39 is 0 Å². The van der Waals surface area contributed by atoms with Gasteiger partial charge in [-0.2, -0.15) is 0 Å². The Morgan fingerprint density at radius 3 is 2.40 bits per heavy atom. The van der Waals surface area contributed by atoms with Crippen LogP contribution in [-0.2, 0) is 6.61 Å². The molecule has 25 heavy (non-hydrogen) atoms. The van der Waals surface area contributed by atoms with Crippen molar-refractivity contribution in [2.75, 3.05) is 5.32 Å². The topological polar surface area (TPSA) is 38.3 Å². The van der Waals surface area contributed by atoms with Crippen molar-refractivity contribution in [3.63, 3.8) is 0 Å². The lowest BCUT2D eigenvalue weighted by molar-refractivity contribution is 0.102. The maximum atomic E-state index is 12.3. The smallest absolute Gasteiger partial charge is 0.255 e. The zero-order valence-electron chi connectivity index (χ0n) is 13.2. The maximum absolute atomic E-state index is 12.3. The summed E-state index contributed by atoms with van der Waals surface area (Å²) in [5.74, 6) is 0.619. The van der Waals surface area contributed by atoms with Crippen molar-refractivity contribution in [2.24, 2.45) is 0 Å². The van der Waals surface area contributed by atoms with Gasteiger partial charge < -0.3 is 10.1 Å². The van der Waals surface area contributed by atoms with Crippen molar-refractivity contribution < 1.29 is 9.53 Å². The number of benzene rings is 3. The average molecular weight is 417 g/mol. The largest absolute Gasteiger partial charge is 0.489 e. The molecule has 0 unspecified atom stereocenters.